The summed E-state index contributed by atoms with van der Waals surface area (Å²) in [5, 5.41) is 4.34. The molecule has 2 heterocycles. The number of nitrogens with zero attached hydrogens (tertiary/aromatic N) is 2. The van der Waals surface area contributed by atoms with E-state index >= 15 is 0 Å². The van der Waals surface area contributed by atoms with Gasteiger partial charge in [-0.05, 0) is 19.3 Å². The standard InChI is InChI=1S/C9H15N2O/c12-9-4-2-6-11(9)8-3-1-5-10-7-8/h8H,1-7H2. The van der Waals surface area contributed by atoms with E-state index in [0.717, 1.165) is 45.3 Å². The molecule has 2 aliphatic heterocycles. The Labute approximate surface area is 73.1 Å². The molecule has 0 saturated carbocycles. The Morgan fingerprint density at radius 3 is 2.92 bits per heavy atom. The molecule has 0 spiro atoms. The second kappa shape index (κ2) is 3.44. The monoisotopic (exact) mass is 167 g/mol. The summed E-state index contributed by atoms with van der Waals surface area (Å²) in [6, 6.07) is 0.439. The lowest BCUT2D eigenvalue weighted by Crippen LogP contribution is -2.44. The fourth-order valence-electron chi connectivity index (χ4n) is 2.08. The number of rotatable bonds is 1. The van der Waals surface area contributed by atoms with Gasteiger partial charge in [-0.15, -0.1) is 0 Å². The van der Waals surface area contributed by atoms with Crippen LogP contribution in [0.1, 0.15) is 25.7 Å². The van der Waals surface area contributed by atoms with Gasteiger partial charge in [0.2, 0.25) is 5.91 Å². The van der Waals surface area contributed by atoms with Crippen molar-refractivity contribution in [3.8, 4) is 0 Å². The molecule has 1 unspecified atom stereocenters. The van der Waals surface area contributed by atoms with Gasteiger partial charge in [-0.1, -0.05) is 0 Å². The van der Waals surface area contributed by atoms with Crippen molar-refractivity contribution in [1.29, 1.82) is 0 Å². The van der Waals surface area contributed by atoms with Crippen molar-refractivity contribution in [3.63, 3.8) is 0 Å². The maximum Gasteiger partial charge on any atom is 0.222 e. The van der Waals surface area contributed by atoms with Gasteiger partial charge in [-0.3, -0.25) is 4.79 Å². The molecular weight excluding hydrogens is 152 g/mol. The maximum absolute atomic E-state index is 11.4. The molecule has 0 N–H and O–H groups in total. The SMILES string of the molecule is O=C1CCCN1C1CCC[N]C1. The smallest absolute Gasteiger partial charge is 0.222 e. The molecule has 1 amide bonds. The van der Waals surface area contributed by atoms with Crippen LogP contribution < -0.4 is 5.32 Å². The van der Waals surface area contributed by atoms with Crippen LogP contribution in [0.5, 0.6) is 0 Å². The van der Waals surface area contributed by atoms with E-state index in [2.05, 4.69) is 5.32 Å². The second-order valence-corrected chi connectivity index (χ2v) is 3.62. The quantitative estimate of drug-likeness (QED) is 0.556. The molecule has 2 saturated heterocycles. The summed E-state index contributed by atoms with van der Waals surface area (Å²) in [7, 11) is 0. The predicted octanol–water partition coefficient (Wildman–Crippen LogP) is 0.376. The zero-order valence-corrected chi connectivity index (χ0v) is 7.33. The average molecular weight is 167 g/mol. The van der Waals surface area contributed by atoms with Gasteiger partial charge in [0.15, 0.2) is 0 Å². The van der Waals surface area contributed by atoms with Crippen molar-refractivity contribution in [2.75, 3.05) is 19.6 Å². The Bertz CT molecular complexity index is 175. The third kappa shape index (κ3) is 1.46. The average Bonchev–Trinajstić information content (AvgIpc) is 2.53. The summed E-state index contributed by atoms with van der Waals surface area (Å²) in [5.41, 5.74) is 0. The Hall–Kier alpha value is -0.570. The summed E-state index contributed by atoms with van der Waals surface area (Å²) >= 11 is 0. The molecule has 1 radical (unpaired) electrons. The lowest BCUT2D eigenvalue weighted by atomic mass is 10.1. The number of hydrogen-bond acceptors (Lipinski definition) is 1. The van der Waals surface area contributed by atoms with Crippen LogP contribution in [0.15, 0.2) is 0 Å². The normalized spacial score (nSPS) is 31.2. The largest absolute Gasteiger partial charge is 0.338 e. The van der Waals surface area contributed by atoms with E-state index in [-0.39, 0.29) is 0 Å². The van der Waals surface area contributed by atoms with E-state index in [4.69, 9.17) is 0 Å². The van der Waals surface area contributed by atoms with Gasteiger partial charge in [0.05, 0.1) is 0 Å². The maximum atomic E-state index is 11.4. The Morgan fingerprint density at radius 2 is 2.33 bits per heavy atom. The van der Waals surface area contributed by atoms with Crippen LogP contribution in [0.3, 0.4) is 0 Å². The van der Waals surface area contributed by atoms with Crippen molar-refractivity contribution >= 4 is 5.91 Å². The van der Waals surface area contributed by atoms with Crippen molar-refractivity contribution < 1.29 is 4.79 Å². The van der Waals surface area contributed by atoms with E-state index in [1.807, 2.05) is 4.90 Å². The highest BCUT2D eigenvalue weighted by Gasteiger charge is 2.28. The first-order chi connectivity index (χ1) is 5.88. The first-order valence-corrected chi connectivity index (χ1v) is 4.80. The number of carbonyl (C=O) groups is 1. The summed E-state index contributed by atoms with van der Waals surface area (Å²) < 4.78 is 0. The molecule has 2 aliphatic rings. The van der Waals surface area contributed by atoms with E-state index in [0.29, 0.717) is 11.9 Å². The van der Waals surface area contributed by atoms with E-state index < -0.39 is 0 Å². The van der Waals surface area contributed by atoms with Gasteiger partial charge in [0, 0.05) is 32.1 Å². The molecule has 0 bridgehead atoms. The van der Waals surface area contributed by atoms with Crippen molar-refractivity contribution in [1.82, 2.24) is 10.2 Å². The van der Waals surface area contributed by atoms with Crippen molar-refractivity contribution in [3.05, 3.63) is 0 Å². The number of likely N-dealkylation sites (tertiary alicyclic amines) is 1. The molecular formula is C9H15N2O. The Morgan fingerprint density at radius 1 is 1.42 bits per heavy atom. The molecule has 0 aromatic heterocycles. The van der Waals surface area contributed by atoms with Crippen LogP contribution in [0, 0.1) is 0 Å². The highest BCUT2D eigenvalue weighted by Crippen LogP contribution is 2.18. The first kappa shape index (κ1) is 8.05. The molecule has 1 atom stereocenters. The second-order valence-electron chi connectivity index (χ2n) is 3.62. The van der Waals surface area contributed by atoms with E-state index in [1.165, 1.54) is 0 Å². The summed E-state index contributed by atoms with van der Waals surface area (Å²) in [6.45, 7) is 2.85. The van der Waals surface area contributed by atoms with Gasteiger partial charge in [-0.25, -0.2) is 5.32 Å². The highest BCUT2D eigenvalue weighted by molar-refractivity contribution is 5.78. The van der Waals surface area contributed by atoms with Crippen LogP contribution >= 0.6 is 0 Å². The topological polar surface area (TPSA) is 34.4 Å². The van der Waals surface area contributed by atoms with E-state index in [1.54, 1.807) is 0 Å². The van der Waals surface area contributed by atoms with Crippen molar-refractivity contribution in [2.24, 2.45) is 0 Å². The summed E-state index contributed by atoms with van der Waals surface area (Å²) in [6.07, 6.45) is 4.13. The molecule has 2 fully saturated rings. The molecule has 67 valence electrons. The third-order valence-corrected chi connectivity index (χ3v) is 2.74. The van der Waals surface area contributed by atoms with Crippen molar-refractivity contribution in [2.45, 2.75) is 31.7 Å². The minimum atomic E-state index is 0.345. The minimum Gasteiger partial charge on any atom is -0.338 e. The third-order valence-electron chi connectivity index (χ3n) is 2.74. The van der Waals surface area contributed by atoms with Crippen LogP contribution in [-0.2, 0) is 4.79 Å². The van der Waals surface area contributed by atoms with Crippen LogP contribution in [0.2, 0.25) is 0 Å². The summed E-state index contributed by atoms with van der Waals surface area (Å²) in [5.74, 6) is 0.345. The fraction of sp³-hybridized carbons (Fsp3) is 0.889. The molecule has 0 aliphatic carbocycles. The number of amides is 1. The number of carbonyl (C=O) groups excluding carboxylic acids is 1. The molecule has 3 heteroatoms. The fourth-order valence-corrected chi connectivity index (χ4v) is 2.08. The number of piperidine rings is 1. The number of hydrogen-bond donors (Lipinski definition) is 0. The van der Waals surface area contributed by atoms with Crippen LogP contribution in [0.4, 0.5) is 0 Å². The molecule has 12 heavy (non-hydrogen) atoms. The predicted molar refractivity (Wildman–Crippen MR) is 45.8 cm³/mol. The van der Waals surface area contributed by atoms with Gasteiger partial charge < -0.3 is 4.90 Å². The van der Waals surface area contributed by atoms with E-state index in [9.17, 15) is 4.79 Å². The highest BCUT2D eigenvalue weighted by atomic mass is 16.2. The minimum absolute atomic E-state index is 0.345. The summed E-state index contributed by atoms with van der Waals surface area (Å²) in [4.78, 5) is 13.4. The van der Waals surface area contributed by atoms with Gasteiger partial charge in [0.1, 0.15) is 0 Å². The molecule has 2 rings (SSSR count). The molecule has 0 aromatic rings. The van der Waals surface area contributed by atoms with Crippen LogP contribution in [0.25, 0.3) is 0 Å². The molecule has 0 aromatic carbocycles. The zero-order valence-electron chi connectivity index (χ0n) is 7.33. The Kier molecular flexibility index (Phi) is 2.30. The first-order valence-electron chi connectivity index (χ1n) is 4.80. The Balaban J connectivity index is 1.93. The lowest BCUT2D eigenvalue weighted by Gasteiger charge is -2.30. The van der Waals surface area contributed by atoms with Gasteiger partial charge in [0.25, 0.3) is 0 Å². The molecule has 3 nitrogen and oxygen atoms in total. The van der Waals surface area contributed by atoms with Crippen LogP contribution in [-0.4, -0.2) is 36.5 Å². The van der Waals surface area contributed by atoms with Gasteiger partial charge in [-0.2, -0.15) is 0 Å². The van der Waals surface area contributed by atoms with Gasteiger partial charge >= 0.3 is 0 Å². The zero-order chi connectivity index (χ0) is 8.39. The lowest BCUT2D eigenvalue weighted by molar-refractivity contribution is -0.129.